The predicted octanol–water partition coefficient (Wildman–Crippen LogP) is 4.23. The average molecular weight is 482 g/mol. The summed E-state index contributed by atoms with van der Waals surface area (Å²) in [7, 11) is 0. The van der Waals surface area contributed by atoms with Crippen LogP contribution in [-0.4, -0.2) is 27.3 Å². The predicted molar refractivity (Wildman–Crippen MR) is 112 cm³/mol. The molecule has 3 rings (SSSR count). The summed E-state index contributed by atoms with van der Waals surface area (Å²) >= 11 is 8.21. The van der Waals surface area contributed by atoms with E-state index in [0.717, 1.165) is 9.99 Å². The van der Waals surface area contributed by atoms with E-state index in [1.807, 2.05) is 31.2 Å². The molecule has 0 bridgehead atoms. The van der Waals surface area contributed by atoms with Crippen molar-refractivity contribution in [1.82, 2.24) is 14.9 Å². The van der Waals surface area contributed by atoms with Gasteiger partial charge in [-0.1, -0.05) is 18.5 Å². The third-order valence-corrected chi connectivity index (χ3v) is 4.88. The summed E-state index contributed by atoms with van der Waals surface area (Å²) in [5.41, 5.74) is 0.902. The van der Waals surface area contributed by atoms with Crippen molar-refractivity contribution in [3.63, 3.8) is 0 Å². The van der Waals surface area contributed by atoms with E-state index in [1.165, 1.54) is 0 Å². The number of aromatic nitrogens is 2. The highest BCUT2D eigenvalue weighted by atomic mass is 127. The number of rotatable bonds is 5. The highest BCUT2D eigenvalue weighted by Gasteiger charge is 2.17. The summed E-state index contributed by atoms with van der Waals surface area (Å²) < 4.78 is 1.07. The Balaban J connectivity index is 1.92. The summed E-state index contributed by atoms with van der Waals surface area (Å²) in [6.45, 7) is 2.81. The molecule has 0 radical (unpaired) electrons. The number of halogens is 2. The van der Waals surface area contributed by atoms with Crippen LogP contribution in [0.4, 0.5) is 0 Å². The molecule has 0 saturated carbocycles. The van der Waals surface area contributed by atoms with Crippen molar-refractivity contribution in [2.75, 3.05) is 6.54 Å². The van der Waals surface area contributed by atoms with E-state index in [4.69, 9.17) is 11.6 Å². The first-order chi connectivity index (χ1) is 12.5. The van der Waals surface area contributed by atoms with E-state index < -0.39 is 0 Å². The van der Waals surface area contributed by atoms with Gasteiger partial charge in [0.2, 0.25) is 0 Å². The first-order valence-electron chi connectivity index (χ1n) is 8.21. The molecule has 1 amide bonds. The van der Waals surface area contributed by atoms with Gasteiger partial charge < -0.3 is 9.88 Å². The number of hydrogen-bond acceptors (Lipinski definition) is 3. The number of fused-ring (bicyclic) bond motifs is 1. The molecular weight excluding hydrogens is 465 g/mol. The van der Waals surface area contributed by atoms with Crippen LogP contribution in [0.5, 0.6) is 0 Å². The summed E-state index contributed by atoms with van der Waals surface area (Å²) in [4.78, 5) is 34.1. The Morgan fingerprint density at radius 1 is 1.23 bits per heavy atom. The maximum absolute atomic E-state index is 12.8. The van der Waals surface area contributed by atoms with Gasteiger partial charge in [-0.15, -0.1) is 0 Å². The van der Waals surface area contributed by atoms with Crippen LogP contribution in [0.2, 0.25) is 5.02 Å². The number of nitrogens with one attached hydrogen (secondary N) is 1. The third-order valence-electron chi connectivity index (χ3n) is 3.93. The fourth-order valence-electron chi connectivity index (χ4n) is 2.71. The van der Waals surface area contributed by atoms with Crippen LogP contribution in [0.15, 0.2) is 47.3 Å². The number of benzene rings is 2. The molecule has 0 fully saturated rings. The molecule has 2 aromatic carbocycles. The molecule has 5 nitrogen and oxygen atoms in total. The number of amides is 1. The van der Waals surface area contributed by atoms with Gasteiger partial charge in [-0.3, -0.25) is 9.59 Å². The molecule has 26 heavy (non-hydrogen) atoms. The van der Waals surface area contributed by atoms with Crippen LogP contribution in [0, 0.1) is 3.57 Å². The van der Waals surface area contributed by atoms with Gasteiger partial charge in [-0.25, -0.2) is 4.98 Å². The smallest absolute Gasteiger partial charge is 0.258 e. The maximum atomic E-state index is 12.8. The SMILES string of the molecule is CCCN(Cc1nc2cc(Cl)ccc2c(=O)[nH]1)C(=O)c1ccc(I)cc1. The lowest BCUT2D eigenvalue weighted by atomic mass is 10.2. The number of nitrogens with zero attached hydrogens (tertiary/aromatic N) is 2. The first-order valence-corrected chi connectivity index (χ1v) is 9.67. The normalized spacial score (nSPS) is 10.9. The zero-order valence-electron chi connectivity index (χ0n) is 14.1. The molecule has 3 aromatic rings. The van der Waals surface area contributed by atoms with Crippen molar-refractivity contribution in [2.24, 2.45) is 0 Å². The van der Waals surface area contributed by atoms with Gasteiger partial charge >= 0.3 is 0 Å². The van der Waals surface area contributed by atoms with Crippen LogP contribution < -0.4 is 5.56 Å². The number of aromatic amines is 1. The van der Waals surface area contributed by atoms with Crippen molar-refractivity contribution in [3.05, 3.63) is 72.8 Å². The van der Waals surface area contributed by atoms with Gasteiger partial charge in [-0.2, -0.15) is 0 Å². The zero-order chi connectivity index (χ0) is 18.7. The lowest BCUT2D eigenvalue weighted by molar-refractivity contribution is 0.0739. The van der Waals surface area contributed by atoms with E-state index in [9.17, 15) is 9.59 Å². The van der Waals surface area contributed by atoms with Crippen LogP contribution in [-0.2, 0) is 6.54 Å². The van der Waals surface area contributed by atoms with E-state index in [-0.39, 0.29) is 18.0 Å². The van der Waals surface area contributed by atoms with Crippen molar-refractivity contribution < 1.29 is 4.79 Å². The van der Waals surface area contributed by atoms with E-state index in [1.54, 1.807) is 23.1 Å². The largest absolute Gasteiger partial charge is 0.331 e. The van der Waals surface area contributed by atoms with Crippen LogP contribution in [0.25, 0.3) is 10.9 Å². The van der Waals surface area contributed by atoms with Gasteiger partial charge in [0.15, 0.2) is 0 Å². The van der Waals surface area contributed by atoms with Gasteiger partial charge in [0.25, 0.3) is 11.5 Å². The lowest BCUT2D eigenvalue weighted by Gasteiger charge is -2.22. The molecule has 0 saturated heterocycles. The van der Waals surface area contributed by atoms with Crippen LogP contribution in [0.3, 0.4) is 0 Å². The van der Waals surface area contributed by atoms with Crippen molar-refractivity contribution >= 4 is 51.0 Å². The molecule has 0 aliphatic carbocycles. The van der Waals surface area contributed by atoms with E-state index in [2.05, 4.69) is 32.6 Å². The molecule has 7 heteroatoms. The molecule has 0 spiro atoms. The van der Waals surface area contributed by atoms with E-state index >= 15 is 0 Å². The fraction of sp³-hybridized carbons (Fsp3) is 0.211. The van der Waals surface area contributed by atoms with Gasteiger partial charge in [0.05, 0.1) is 17.4 Å². The number of carbonyl (C=O) groups is 1. The number of carbonyl (C=O) groups excluding carboxylic acids is 1. The molecule has 1 heterocycles. The monoisotopic (exact) mass is 481 g/mol. The Kier molecular flexibility index (Phi) is 5.93. The summed E-state index contributed by atoms with van der Waals surface area (Å²) in [6.07, 6.45) is 0.805. The maximum Gasteiger partial charge on any atom is 0.258 e. The minimum Gasteiger partial charge on any atom is -0.331 e. The first kappa shape index (κ1) is 18.8. The Bertz CT molecular complexity index is 1000. The Hall–Kier alpha value is -1.93. The molecule has 0 aliphatic rings. The second kappa shape index (κ2) is 8.18. The summed E-state index contributed by atoms with van der Waals surface area (Å²) in [5, 5.41) is 0.992. The molecule has 0 unspecified atom stereocenters. The summed E-state index contributed by atoms with van der Waals surface area (Å²) in [6, 6.07) is 12.4. The van der Waals surface area contributed by atoms with Crippen molar-refractivity contribution in [2.45, 2.75) is 19.9 Å². The van der Waals surface area contributed by atoms with Crippen LogP contribution in [0.1, 0.15) is 29.5 Å². The van der Waals surface area contributed by atoms with Crippen molar-refractivity contribution in [1.29, 1.82) is 0 Å². The Morgan fingerprint density at radius 2 is 1.96 bits per heavy atom. The number of hydrogen-bond donors (Lipinski definition) is 1. The summed E-state index contributed by atoms with van der Waals surface area (Å²) in [5.74, 6) is 0.356. The standard InChI is InChI=1S/C19H17ClIN3O2/c1-2-9-24(19(26)12-3-6-14(21)7-4-12)11-17-22-16-10-13(20)5-8-15(16)18(25)23-17/h3-8,10H,2,9,11H2,1H3,(H,22,23,25). The Labute approximate surface area is 169 Å². The number of H-pyrrole nitrogens is 1. The fourth-order valence-corrected chi connectivity index (χ4v) is 3.24. The lowest BCUT2D eigenvalue weighted by Crippen LogP contribution is -2.32. The average Bonchev–Trinajstić information content (AvgIpc) is 2.61. The quantitative estimate of drug-likeness (QED) is 0.555. The minimum absolute atomic E-state index is 0.0860. The molecule has 0 atom stereocenters. The topological polar surface area (TPSA) is 66.1 Å². The van der Waals surface area contributed by atoms with E-state index in [0.29, 0.717) is 33.9 Å². The second-order valence-corrected chi connectivity index (χ2v) is 7.59. The molecule has 1 N–H and O–H groups in total. The molecule has 134 valence electrons. The van der Waals surface area contributed by atoms with Gasteiger partial charge in [0, 0.05) is 20.7 Å². The van der Waals surface area contributed by atoms with Crippen molar-refractivity contribution in [3.8, 4) is 0 Å². The van der Waals surface area contributed by atoms with Crippen LogP contribution >= 0.6 is 34.2 Å². The molecular formula is C19H17ClIN3O2. The Morgan fingerprint density at radius 3 is 2.65 bits per heavy atom. The highest BCUT2D eigenvalue weighted by molar-refractivity contribution is 14.1. The van der Waals surface area contributed by atoms with Gasteiger partial charge in [0.1, 0.15) is 5.82 Å². The van der Waals surface area contributed by atoms with Gasteiger partial charge in [-0.05, 0) is 71.5 Å². The highest BCUT2D eigenvalue weighted by Crippen LogP contribution is 2.16. The second-order valence-electron chi connectivity index (χ2n) is 5.91. The zero-order valence-corrected chi connectivity index (χ0v) is 17.0. The third kappa shape index (κ3) is 4.24. The molecule has 0 aliphatic heterocycles. The molecule has 1 aromatic heterocycles. The minimum atomic E-state index is -0.236.